The number of carbonyl (C=O) groups excluding carboxylic acids is 1. The van der Waals surface area contributed by atoms with Crippen LogP contribution in [0.5, 0.6) is 5.75 Å². The first-order chi connectivity index (χ1) is 13.7. The Morgan fingerprint density at radius 2 is 2.00 bits per heavy atom. The fourth-order valence-electron chi connectivity index (χ4n) is 2.82. The third kappa shape index (κ3) is 3.35. The number of hydrogen-bond acceptors (Lipinski definition) is 6. The lowest BCUT2D eigenvalue weighted by Gasteiger charge is -2.13. The van der Waals surface area contributed by atoms with Crippen LogP contribution in [0.15, 0.2) is 65.3 Å². The summed E-state index contributed by atoms with van der Waals surface area (Å²) in [6.07, 6.45) is 3.44. The third-order valence-electron chi connectivity index (χ3n) is 4.12. The molecule has 140 valence electrons. The van der Waals surface area contributed by atoms with Gasteiger partial charge in [-0.05, 0) is 36.4 Å². The number of aromatic nitrogens is 4. The fourth-order valence-corrected chi connectivity index (χ4v) is 2.82. The van der Waals surface area contributed by atoms with Crippen LogP contribution >= 0.6 is 0 Å². The zero-order valence-electron chi connectivity index (χ0n) is 15.3. The number of rotatable bonds is 5. The molecule has 1 amide bonds. The fraction of sp³-hybridized carbons (Fsp3) is 0.100. The van der Waals surface area contributed by atoms with E-state index in [-0.39, 0.29) is 5.91 Å². The Bertz CT molecular complexity index is 1120. The maximum absolute atomic E-state index is 13.0. The van der Waals surface area contributed by atoms with Crippen molar-refractivity contribution in [1.82, 2.24) is 20.0 Å². The molecule has 0 fully saturated rings. The molecule has 0 aliphatic carbocycles. The van der Waals surface area contributed by atoms with Gasteiger partial charge in [0.25, 0.3) is 5.91 Å². The minimum absolute atomic E-state index is 0.289. The Balaban J connectivity index is 1.68. The number of carbonyl (C=O) groups is 1. The highest BCUT2D eigenvalue weighted by atomic mass is 16.5. The molecular weight excluding hydrogens is 358 g/mol. The topological polar surface area (TPSA) is 95.1 Å². The lowest BCUT2D eigenvalue weighted by molar-refractivity contribution is 0.102. The summed E-state index contributed by atoms with van der Waals surface area (Å²) < 4.78 is 12.5. The van der Waals surface area contributed by atoms with E-state index in [1.165, 1.54) is 0 Å². The molecular formula is C20H17N5O3. The Morgan fingerprint density at radius 1 is 1.14 bits per heavy atom. The molecule has 8 heteroatoms. The number of anilines is 1. The largest absolute Gasteiger partial charge is 0.495 e. The average molecular weight is 375 g/mol. The van der Waals surface area contributed by atoms with E-state index in [0.717, 1.165) is 0 Å². The zero-order chi connectivity index (χ0) is 19.5. The van der Waals surface area contributed by atoms with Crippen LogP contribution < -0.4 is 10.1 Å². The van der Waals surface area contributed by atoms with Crippen molar-refractivity contribution in [1.29, 1.82) is 0 Å². The second kappa shape index (κ2) is 7.36. The van der Waals surface area contributed by atoms with Gasteiger partial charge in [0, 0.05) is 24.9 Å². The van der Waals surface area contributed by atoms with Gasteiger partial charge in [-0.15, -0.1) is 10.2 Å². The summed E-state index contributed by atoms with van der Waals surface area (Å²) in [5.41, 5.74) is 2.33. The molecule has 4 aromatic rings. The molecule has 0 spiro atoms. The van der Waals surface area contributed by atoms with Gasteiger partial charge in [-0.2, -0.15) is 5.10 Å². The van der Waals surface area contributed by atoms with E-state index in [0.29, 0.717) is 40.0 Å². The Kier molecular flexibility index (Phi) is 4.59. The lowest BCUT2D eigenvalue weighted by atomic mass is 10.1. The van der Waals surface area contributed by atoms with E-state index in [1.807, 2.05) is 12.1 Å². The number of benzene rings is 2. The van der Waals surface area contributed by atoms with Gasteiger partial charge in [-0.25, -0.2) is 4.68 Å². The minimum atomic E-state index is -0.289. The minimum Gasteiger partial charge on any atom is -0.495 e. The molecule has 0 bridgehead atoms. The van der Waals surface area contributed by atoms with Crippen LogP contribution in [0.1, 0.15) is 16.2 Å². The summed E-state index contributed by atoms with van der Waals surface area (Å²) >= 11 is 0. The molecule has 4 rings (SSSR count). The maximum Gasteiger partial charge on any atom is 0.257 e. The first-order valence-corrected chi connectivity index (χ1v) is 8.54. The summed E-state index contributed by atoms with van der Waals surface area (Å²) in [7, 11) is 1.54. The van der Waals surface area contributed by atoms with Crippen LogP contribution in [-0.4, -0.2) is 33.0 Å². The SMILES string of the molecule is COc1ccc(-c2nnc(C)o2)cc1NC(=O)c1ccccc1-n1cccn1. The summed E-state index contributed by atoms with van der Waals surface area (Å²) in [4.78, 5) is 13.0. The van der Waals surface area contributed by atoms with E-state index >= 15 is 0 Å². The van der Waals surface area contributed by atoms with Crippen molar-refractivity contribution >= 4 is 11.6 Å². The number of nitrogens with one attached hydrogen (secondary N) is 1. The lowest BCUT2D eigenvalue weighted by Crippen LogP contribution is -2.15. The van der Waals surface area contributed by atoms with E-state index in [4.69, 9.17) is 9.15 Å². The summed E-state index contributed by atoms with van der Waals surface area (Å²) in [6.45, 7) is 1.72. The monoisotopic (exact) mass is 375 g/mol. The van der Waals surface area contributed by atoms with Gasteiger partial charge in [0.05, 0.1) is 24.0 Å². The molecule has 1 N–H and O–H groups in total. The second-order valence-corrected chi connectivity index (χ2v) is 5.96. The third-order valence-corrected chi connectivity index (χ3v) is 4.12. The number of hydrogen-bond donors (Lipinski definition) is 1. The summed E-state index contributed by atoms with van der Waals surface area (Å²) in [6, 6.07) is 14.3. The van der Waals surface area contributed by atoms with E-state index in [2.05, 4.69) is 20.6 Å². The van der Waals surface area contributed by atoms with Crippen molar-refractivity contribution < 1.29 is 13.9 Å². The van der Waals surface area contributed by atoms with Gasteiger partial charge in [0.2, 0.25) is 11.8 Å². The highest BCUT2D eigenvalue weighted by Crippen LogP contribution is 2.31. The molecule has 0 unspecified atom stereocenters. The first-order valence-electron chi connectivity index (χ1n) is 8.54. The molecule has 2 aromatic carbocycles. The molecule has 0 radical (unpaired) electrons. The van der Waals surface area contributed by atoms with Crippen LogP contribution in [0, 0.1) is 6.92 Å². The molecule has 2 heterocycles. The Labute approximate surface area is 160 Å². The van der Waals surface area contributed by atoms with Gasteiger partial charge in [0.1, 0.15) is 5.75 Å². The molecule has 0 saturated carbocycles. The average Bonchev–Trinajstić information content (AvgIpc) is 3.40. The van der Waals surface area contributed by atoms with Gasteiger partial charge < -0.3 is 14.5 Å². The number of aryl methyl sites for hydroxylation is 1. The van der Waals surface area contributed by atoms with Crippen molar-refractivity contribution in [3.8, 4) is 22.9 Å². The smallest absolute Gasteiger partial charge is 0.257 e. The van der Waals surface area contributed by atoms with Crippen molar-refractivity contribution in [3.63, 3.8) is 0 Å². The van der Waals surface area contributed by atoms with Crippen molar-refractivity contribution in [3.05, 3.63) is 72.4 Å². The second-order valence-electron chi connectivity index (χ2n) is 5.96. The Morgan fingerprint density at radius 3 is 2.71 bits per heavy atom. The highest BCUT2D eigenvalue weighted by molar-refractivity contribution is 6.07. The van der Waals surface area contributed by atoms with Crippen molar-refractivity contribution in [2.75, 3.05) is 12.4 Å². The molecule has 0 aliphatic rings. The number of para-hydroxylation sites is 1. The van der Waals surface area contributed by atoms with Gasteiger partial charge >= 0.3 is 0 Å². The number of methoxy groups -OCH3 is 1. The van der Waals surface area contributed by atoms with E-state index in [1.54, 1.807) is 67.5 Å². The van der Waals surface area contributed by atoms with Crippen molar-refractivity contribution in [2.45, 2.75) is 6.92 Å². The van der Waals surface area contributed by atoms with Gasteiger partial charge in [-0.1, -0.05) is 12.1 Å². The number of amides is 1. The Hall–Kier alpha value is -3.94. The quantitative estimate of drug-likeness (QED) is 0.574. The van der Waals surface area contributed by atoms with Gasteiger partial charge in [-0.3, -0.25) is 4.79 Å². The maximum atomic E-state index is 13.0. The van der Waals surface area contributed by atoms with Crippen LogP contribution in [0.3, 0.4) is 0 Å². The molecule has 2 aromatic heterocycles. The highest BCUT2D eigenvalue weighted by Gasteiger charge is 2.16. The van der Waals surface area contributed by atoms with Crippen LogP contribution in [0.4, 0.5) is 5.69 Å². The standard InChI is InChI=1S/C20H17N5O3/c1-13-23-24-20(28-13)14-8-9-18(27-2)16(12-14)22-19(26)15-6-3-4-7-17(15)25-11-5-10-21-25/h3-12H,1-2H3,(H,22,26). The van der Waals surface area contributed by atoms with E-state index < -0.39 is 0 Å². The summed E-state index contributed by atoms with van der Waals surface area (Å²) in [5, 5.41) is 15.0. The van der Waals surface area contributed by atoms with Crippen molar-refractivity contribution in [2.24, 2.45) is 0 Å². The molecule has 28 heavy (non-hydrogen) atoms. The van der Waals surface area contributed by atoms with E-state index in [9.17, 15) is 4.79 Å². The number of ether oxygens (including phenoxy) is 1. The molecule has 0 aliphatic heterocycles. The molecule has 0 saturated heterocycles. The van der Waals surface area contributed by atoms with Gasteiger partial charge in [0.15, 0.2) is 0 Å². The van der Waals surface area contributed by atoms with Crippen LogP contribution in [-0.2, 0) is 0 Å². The molecule has 8 nitrogen and oxygen atoms in total. The van der Waals surface area contributed by atoms with Crippen LogP contribution in [0.2, 0.25) is 0 Å². The predicted octanol–water partition coefficient (Wildman–Crippen LogP) is 3.49. The summed E-state index contributed by atoms with van der Waals surface area (Å²) in [5.74, 6) is 1.06. The first kappa shape index (κ1) is 17.5. The molecule has 0 atom stereocenters. The number of nitrogens with zero attached hydrogens (tertiary/aromatic N) is 4. The zero-order valence-corrected chi connectivity index (χ0v) is 15.3. The predicted molar refractivity (Wildman–Crippen MR) is 103 cm³/mol. The van der Waals surface area contributed by atoms with Crippen LogP contribution in [0.25, 0.3) is 17.1 Å². The normalized spacial score (nSPS) is 10.6.